The molecule has 0 amide bonds. The van der Waals surface area contributed by atoms with Gasteiger partial charge in [-0.3, -0.25) is 0 Å². The number of nitrogens with zero attached hydrogens (tertiary/aromatic N) is 1. The number of aromatic amines is 1. The Bertz CT molecular complexity index is 529. The van der Waals surface area contributed by atoms with E-state index in [1.807, 2.05) is 12.3 Å². The molecule has 1 aliphatic rings. The molecule has 96 valence electrons. The van der Waals surface area contributed by atoms with Crippen LogP contribution in [0.2, 0.25) is 0 Å². The Morgan fingerprint density at radius 2 is 2.50 bits per heavy atom. The van der Waals surface area contributed by atoms with Gasteiger partial charge in [0.05, 0.1) is 0 Å². The summed E-state index contributed by atoms with van der Waals surface area (Å²) in [5.74, 6) is 1.31. The summed E-state index contributed by atoms with van der Waals surface area (Å²) in [7, 11) is 0. The van der Waals surface area contributed by atoms with Crippen LogP contribution in [0.3, 0.4) is 0 Å². The molecule has 18 heavy (non-hydrogen) atoms. The Morgan fingerprint density at radius 1 is 1.56 bits per heavy atom. The molecule has 0 aromatic carbocycles. The summed E-state index contributed by atoms with van der Waals surface area (Å²) in [6.45, 7) is 4.38. The zero-order valence-electron chi connectivity index (χ0n) is 10.7. The highest BCUT2D eigenvalue weighted by Crippen LogP contribution is 2.37. The molecule has 0 spiro atoms. The van der Waals surface area contributed by atoms with Gasteiger partial charge in [0.1, 0.15) is 5.65 Å². The highest BCUT2D eigenvalue weighted by atomic mass is 32.2. The average molecular weight is 261 g/mol. The number of thioether (sulfide) groups is 1. The largest absolute Gasteiger partial charge is 0.346 e. The maximum Gasteiger partial charge on any atom is 0.137 e. The fourth-order valence-electron chi connectivity index (χ4n) is 2.60. The maximum atomic E-state index is 4.31. The van der Waals surface area contributed by atoms with E-state index in [1.165, 1.54) is 29.5 Å². The zero-order valence-corrected chi connectivity index (χ0v) is 11.5. The molecular formula is C14H19N3S. The summed E-state index contributed by atoms with van der Waals surface area (Å²) in [6, 6.07) is 4.12. The summed E-state index contributed by atoms with van der Waals surface area (Å²) in [6.07, 6.45) is 6.58. The van der Waals surface area contributed by atoms with Gasteiger partial charge >= 0.3 is 0 Å². The Morgan fingerprint density at radius 3 is 3.33 bits per heavy atom. The summed E-state index contributed by atoms with van der Waals surface area (Å²) in [5, 5.41) is 4.82. The standard InChI is InChI=1S/C14H19N3S/c1-14(5-3-7-18-14)10-15-8-11-9-17-13-12(11)4-2-6-16-13/h2,4,6,9,15H,3,5,7-8,10H2,1H3,(H,16,17). The van der Waals surface area contributed by atoms with Crippen molar-refractivity contribution >= 4 is 22.8 Å². The highest BCUT2D eigenvalue weighted by Gasteiger charge is 2.28. The van der Waals surface area contributed by atoms with Crippen molar-refractivity contribution in [3.63, 3.8) is 0 Å². The van der Waals surface area contributed by atoms with Gasteiger partial charge in [-0.25, -0.2) is 4.98 Å². The molecule has 1 aliphatic heterocycles. The van der Waals surface area contributed by atoms with Crippen molar-refractivity contribution in [2.75, 3.05) is 12.3 Å². The molecule has 0 aliphatic carbocycles. The number of pyridine rings is 1. The monoisotopic (exact) mass is 261 g/mol. The van der Waals surface area contributed by atoms with Gasteiger partial charge in [-0.1, -0.05) is 0 Å². The Kier molecular flexibility index (Phi) is 3.31. The van der Waals surface area contributed by atoms with E-state index in [0.717, 1.165) is 18.7 Å². The van der Waals surface area contributed by atoms with Gasteiger partial charge in [0, 0.05) is 35.6 Å². The second-order valence-electron chi connectivity index (χ2n) is 5.22. The van der Waals surface area contributed by atoms with Crippen LogP contribution in [0.25, 0.3) is 11.0 Å². The minimum absolute atomic E-state index is 0.435. The van der Waals surface area contributed by atoms with Crippen molar-refractivity contribution in [1.29, 1.82) is 0 Å². The number of nitrogens with one attached hydrogen (secondary N) is 2. The fraction of sp³-hybridized carbons (Fsp3) is 0.500. The van der Waals surface area contributed by atoms with E-state index in [-0.39, 0.29) is 0 Å². The molecule has 0 bridgehead atoms. The molecule has 1 unspecified atom stereocenters. The molecule has 2 aromatic rings. The predicted molar refractivity (Wildman–Crippen MR) is 77.9 cm³/mol. The predicted octanol–water partition coefficient (Wildman–Crippen LogP) is 2.94. The molecular weight excluding hydrogens is 242 g/mol. The van der Waals surface area contributed by atoms with Crippen molar-refractivity contribution in [2.45, 2.75) is 31.1 Å². The lowest BCUT2D eigenvalue weighted by Gasteiger charge is -2.22. The average Bonchev–Trinajstić information content (AvgIpc) is 2.97. The minimum atomic E-state index is 0.435. The molecule has 3 nitrogen and oxygen atoms in total. The first-order valence-electron chi connectivity index (χ1n) is 6.53. The molecule has 3 rings (SSSR count). The van der Waals surface area contributed by atoms with E-state index in [4.69, 9.17) is 0 Å². The van der Waals surface area contributed by atoms with Gasteiger partial charge in [-0.05, 0) is 43.2 Å². The Balaban J connectivity index is 1.63. The molecule has 2 aromatic heterocycles. The number of rotatable bonds is 4. The van der Waals surface area contributed by atoms with Gasteiger partial charge in [0.15, 0.2) is 0 Å². The molecule has 0 saturated carbocycles. The van der Waals surface area contributed by atoms with Crippen molar-refractivity contribution in [1.82, 2.24) is 15.3 Å². The van der Waals surface area contributed by atoms with Gasteiger partial charge in [-0.2, -0.15) is 11.8 Å². The lowest BCUT2D eigenvalue weighted by atomic mass is 10.1. The van der Waals surface area contributed by atoms with Gasteiger partial charge in [-0.15, -0.1) is 0 Å². The smallest absolute Gasteiger partial charge is 0.137 e. The lowest BCUT2D eigenvalue weighted by Crippen LogP contribution is -2.32. The summed E-state index contributed by atoms with van der Waals surface area (Å²) in [5.41, 5.74) is 2.29. The van der Waals surface area contributed by atoms with E-state index >= 15 is 0 Å². The first-order chi connectivity index (χ1) is 8.77. The number of aromatic nitrogens is 2. The van der Waals surface area contributed by atoms with E-state index in [9.17, 15) is 0 Å². The normalized spacial score (nSPS) is 23.8. The van der Waals surface area contributed by atoms with Crippen molar-refractivity contribution in [2.24, 2.45) is 0 Å². The van der Waals surface area contributed by atoms with Crippen LogP contribution in [-0.4, -0.2) is 27.0 Å². The fourth-order valence-corrected chi connectivity index (χ4v) is 3.87. The topological polar surface area (TPSA) is 40.7 Å². The third kappa shape index (κ3) is 2.40. The molecule has 2 N–H and O–H groups in total. The van der Waals surface area contributed by atoms with Crippen molar-refractivity contribution < 1.29 is 0 Å². The van der Waals surface area contributed by atoms with E-state index in [0.29, 0.717) is 4.75 Å². The molecule has 1 fully saturated rings. The highest BCUT2D eigenvalue weighted by molar-refractivity contribution is 8.00. The van der Waals surface area contributed by atoms with Crippen molar-refractivity contribution in [3.05, 3.63) is 30.1 Å². The van der Waals surface area contributed by atoms with Crippen LogP contribution in [-0.2, 0) is 6.54 Å². The molecule has 3 heterocycles. The quantitative estimate of drug-likeness (QED) is 0.889. The SMILES string of the molecule is CC1(CNCc2c[nH]c3ncccc23)CCCS1. The molecule has 1 atom stereocenters. The van der Waals surface area contributed by atoms with Crippen LogP contribution in [0.5, 0.6) is 0 Å². The minimum Gasteiger partial charge on any atom is -0.346 e. The van der Waals surface area contributed by atoms with E-state index < -0.39 is 0 Å². The van der Waals surface area contributed by atoms with Crippen molar-refractivity contribution in [3.8, 4) is 0 Å². The van der Waals surface area contributed by atoms with Crippen LogP contribution in [0.4, 0.5) is 0 Å². The van der Waals surface area contributed by atoms with Crippen LogP contribution in [0.1, 0.15) is 25.3 Å². The zero-order chi connectivity index (χ0) is 12.4. The Hall–Kier alpha value is -1.00. The number of H-pyrrole nitrogens is 1. The second-order valence-corrected chi connectivity index (χ2v) is 6.90. The van der Waals surface area contributed by atoms with Gasteiger partial charge in [0.25, 0.3) is 0 Å². The lowest BCUT2D eigenvalue weighted by molar-refractivity contribution is 0.538. The van der Waals surface area contributed by atoms with E-state index in [2.05, 4.69) is 46.2 Å². The summed E-state index contributed by atoms with van der Waals surface area (Å²) >= 11 is 2.10. The van der Waals surface area contributed by atoms with Gasteiger partial charge < -0.3 is 10.3 Å². The van der Waals surface area contributed by atoms with Gasteiger partial charge in [0.2, 0.25) is 0 Å². The van der Waals surface area contributed by atoms with Crippen LogP contribution in [0, 0.1) is 0 Å². The number of hydrogen-bond donors (Lipinski definition) is 2. The van der Waals surface area contributed by atoms with Crippen LogP contribution in [0.15, 0.2) is 24.5 Å². The second kappa shape index (κ2) is 4.94. The molecule has 0 radical (unpaired) electrons. The van der Waals surface area contributed by atoms with Crippen LogP contribution < -0.4 is 5.32 Å². The third-order valence-corrected chi connectivity index (χ3v) is 5.19. The third-order valence-electron chi connectivity index (χ3n) is 3.65. The van der Waals surface area contributed by atoms with E-state index in [1.54, 1.807) is 0 Å². The first-order valence-corrected chi connectivity index (χ1v) is 7.51. The number of hydrogen-bond acceptors (Lipinski definition) is 3. The Labute approximate surface area is 112 Å². The first kappa shape index (κ1) is 12.1. The summed E-state index contributed by atoms with van der Waals surface area (Å²) in [4.78, 5) is 7.53. The summed E-state index contributed by atoms with van der Waals surface area (Å²) < 4.78 is 0.435. The molecule has 4 heteroatoms. The molecule has 1 saturated heterocycles. The number of fused-ring (bicyclic) bond motifs is 1. The maximum absolute atomic E-state index is 4.31. The van der Waals surface area contributed by atoms with Crippen LogP contribution >= 0.6 is 11.8 Å².